The minimum Gasteiger partial charge on any atom is -0.309 e. The SMILES string of the molecule is c1ccc(C2(c3ccccc3)c3ccccc3-c3cc(-c4c5ccccc5c(-c5ccc(N(c6cccc7ccccc67)c6cccc7ccccc67)cc5)c5cc6ccccc6cc45)ccc32)cc1. The van der Waals surface area contributed by atoms with E-state index < -0.39 is 5.41 Å². The monoisotopic (exact) mass is 887 g/mol. The summed E-state index contributed by atoms with van der Waals surface area (Å²) in [5.74, 6) is 0. The predicted molar refractivity (Wildman–Crippen MR) is 297 cm³/mol. The van der Waals surface area contributed by atoms with Crippen LogP contribution in [0.15, 0.2) is 273 Å². The lowest BCUT2D eigenvalue weighted by molar-refractivity contribution is 0.768. The second-order valence-electron chi connectivity index (χ2n) is 18.7. The largest absolute Gasteiger partial charge is 0.309 e. The summed E-state index contributed by atoms with van der Waals surface area (Å²) in [5, 5.41) is 12.3. The molecule has 1 nitrogen and oxygen atoms in total. The smallest absolute Gasteiger partial charge is 0.0713 e. The highest BCUT2D eigenvalue weighted by atomic mass is 15.1. The molecule has 0 bridgehead atoms. The Labute approximate surface area is 407 Å². The molecule has 0 amide bonds. The number of benzene rings is 13. The lowest BCUT2D eigenvalue weighted by Gasteiger charge is -2.34. The van der Waals surface area contributed by atoms with Crippen molar-refractivity contribution in [2.45, 2.75) is 5.41 Å². The molecule has 0 aromatic heterocycles. The van der Waals surface area contributed by atoms with Crippen molar-refractivity contribution in [3.63, 3.8) is 0 Å². The van der Waals surface area contributed by atoms with Gasteiger partial charge in [0, 0.05) is 16.5 Å². The van der Waals surface area contributed by atoms with E-state index in [2.05, 4.69) is 278 Å². The van der Waals surface area contributed by atoms with E-state index in [1.54, 1.807) is 0 Å². The van der Waals surface area contributed by atoms with Crippen LogP contribution in [0.4, 0.5) is 17.1 Å². The van der Waals surface area contributed by atoms with Crippen molar-refractivity contribution in [1.29, 1.82) is 0 Å². The molecule has 0 spiro atoms. The van der Waals surface area contributed by atoms with E-state index in [1.807, 2.05) is 0 Å². The van der Waals surface area contributed by atoms with Crippen LogP contribution < -0.4 is 4.90 Å². The lowest BCUT2D eigenvalue weighted by atomic mass is 9.67. The third kappa shape index (κ3) is 6.05. The molecule has 14 rings (SSSR count). The van der Waals surface area contributed by atoms with Gasteiger partial charge < -0.3 is 4.90 Å². The molecule has 1 heteroatoms. The minimum absolute atomic E-state index is 0.458. The number of anilines is 3. The fourth-order valence-corrected chi connectivity index (χ4v) is 12.1. The summed E-state index contributed by atoms with van der Waals surface area (Å²) in [6, 6.07) is 101. The Morgan fingerprint density at radius 3 is 1.26 bits per heavy atom. The van der Waals surface area contributed by atoms with Crippen LogP contribution >= 0.6 is 0 Å². The van der Waals surface area contributed by atoms with Crippen LogP contribution in [-0.4, -0.2) is 0 Å². The summed E-state index contributed by atoms with van der Waals surface area (Å²) in [7, 11) is 0. The third-order valence-corrected chi connectivity index (χ3v) is 15.1. The maximum absolute atomic E-state index is 2.49. The van der Waals surface area contributed by atoms with E-state index >= 15 is 0 Å². The van der Waals surface area contributed by atoms with Crippen molar-refractivity contribution < 1.29 is 0 Å². The second kappa shape index (κ2) is 16.0. The zero-order chi connectivity index (χ0) is 46.2. The highest BCUT2D eigenvalue weighted by Gasteiger charge is 2.46. The molecule has 70 heavy (non-hydrogen) atoms. The number of nitrogens with zero attached hydrogens (tertiary/aromatic N) is 1. The Balaban J connectivity index is 0.995. The van der Waals surface area contributed by atoms with Crippen LogP contribution in [0, 0.1) is 0 Å². The Morgan fingerprint density at radius 2 is 0.686 bits per heavy atom. The van der Waals surface area contributed by atoms with Gasteiger partial charge in [-0.2, -0.15) is 0 Å². The average Bonchev–Trinajstić information content (AvgIpc) is 3.73. The Hall–Kier alpha value is -9.04. The first-order chi connectivity index (χ1) is 34.7. The van der Waals surface area contributed by atoms with Gasteiger partial charge in [0.05, 0.1) is 16.8 Å². The predicted octanol–water partition coefficient (Wildman–Crippen LogP) is 18.6. The first kappa shape index (κ1) is 40.1. The molecule has 0 atom stereocenters. The van der Waals surface area contributed by atoms with Gasteiger partial charge in [0.25, 0.3) is 0 Å². The van der Waals surface area contributed by atoms with E-state index in [0.29, 0.717) is 0 Å². The first-order valence-electron chi connectivity index (χ1n) is 24.3. The molecule has 1 aliphatic carbocycles. The fourth-order valence-electron chi connectivity index (χ4n) is 12.1. The molecule has 0 saturated carbocycles. The van der Waals surface area contributed by atoms with Gasteiger partial charge in [0.15, 0.2) is 0 Å². The molecule has 13 aromatic rings. The van der Waals surface area contributed by atoms with Crippen LogP contribution in [0.3, 0.4) is 0 Å². The Bertz CT molecular complexity index is 4040. The number of hydrogen-bond acceptors (Lipinski definition) is 1. The molecule has 0 saturated heterocycles. The third-order valence-electron chi connectivity index (χ3n) is 15.1. The quantitative estimate of drug-likeness (QED) is 0.144. The van der Waals surface area contributed by atoms with Crippen LogP contribution in [-0.2, 0) is 5.41 Å². The maximum Gasteiger partial charge on any atom is 0.0713 e. The van der Waals surface area contributed by atoms with Crippen molar-refractivity contribution >= 4 is 70.9 Å². The van der Waals surface area contributed by atoms with Gasteiger partial charge in [-0.1, -0.05) is 231 Å². The molecule has 0 fully saturated rings. The van der Waals surface area contributed by atoms with Crippen LogP contribution in [0.25, 0.3) is 87.2 Å². The van der Waals surface area contributed by atoms with Crippen molar-refractivity contribution in [1.82, 2.24) is 0 Å². The van der Waals surface area contributed by atoms with Crippen LogP contribution in [0.1, 0.15) is 22.3 Å². The molecule has 1 aliphatic rings. The molecule has 13 aromatic carbocycles. The fraction of sp³-hybridized carbons (Fsp3) is 0.0145. The van der Waals surface area contributed by atoms with Gasteiger partial charge in [-0.15, -0.1) is 0 Å². The van der Waals surface area contributed by atoms with Crippen molar-refractivity contribution in [3.8, 4) is 33.4 Å². The summed E-state index contributed by atoms with van der Waals surface area (Å²) in [5.41, 5.74) is 15.6. The van der Waals surface area contributed by atoms with Crippen LogP contribution in [0.5, 0.6) is 0 Å². The van der Waals surface area contributed by atoms with E-state index in [-0.39, 0.29) is 0 Å². The van der Waals surface area contributed by atoms with Crippen molar-refractivity contribution in [2.75, 3.05) is 4.90 Å². The van der Waals surface area contributed by atoms with Gasteiger partial charge in [0.1, 0.15) is 0 Å². The molecule has 0 radical (unpaired) electrons. The Morgan fingerprint density at radius 1 is 0.257 bits per heavy atom. The van der Waals surface area contributed by atoms with Gasteiger partial charge in [-0.05, 0) is 141 Å². The van der Waals surface area contributed by atoms with Gasteiger partial charge in [0.2, 0.25) is 0 Å². The molecule has 0 aliphatic heterocycles. The van der Waals surface area contributed by atoms with Gasteiger partial charge >= 0.3 is 0 Å². The first-order valence-corrected chi connectivity index (χ1v) is 24.3. The van der Waals surface area contributed by atoms with Crippen molar-refractivity contribution in [2.24, 2.45) is 0 Å². The zero-order valence-electron chi connectivity index (χ0n) is 38.4. The van der Waals surface area contributed by atoms with Gasteiger partial charge in [-0.25, -0.2) is 0 Å². The number of fused-ring (bicyclic) bond motifs is 8. The molecule has 0 heterocycles. The minimum atomic E-state index is -0.458. The van der Waals surface area contributed by atoms with Crippen molar-refractivity contribution in [3.05, 3.63) is 295 Å². The topological polar surface area (TPSA) is 3.24 Å². The average molecular weight is 888 g/mol. The molecular formula is C69H45N. The summed E-state index contributed by atoms with van der Waals surface area (Å²) in [6.45, 7) is 0. The molecule has 326 valence electrons. The summed E-state index contributed by atoms with van der Waals surface area (Å²) < 4.78 is 0. The lowest BCUT2D eigenvalue weighted by Crippen LogP contribution is -2.28. The van der Waals surface area contributed by atoms with Crippen LogP contribution in [0.2, 0.25) is 0 Å². The highest BCUT2D eigenvalue weighted by molar-refractivity contribution is 6.24. The summed E-state index contributed by atoms with van der Waals surface area (Å²) >= 11 is 0. The maximum atomic E-state index is 2.49. The molecular weight excluding hydrogens is 843 g/mol. The zero-order valence-corrected chi connectivity index (χ0v) is 38.4. The second-order valence-corrected chi connectivity index (χ2v) is 18.7. The summed E-state index contributed by atoms with van der Waals surface area (Å²) in [4.78, 5) is 2.44. The van der Waals surface area contributed by atoms with Gasteiger partial charge in [-0.3, -0.25) is 0 Å². The number of rotatable bonds is 7. The highest BCUT2D eigenvalue weighted by Crippen LogP contribution is 2.57. The van der Waals surface area contributed by atoms with E-state index in [4.69, 9.17) is 0 Å². The molecule has 0 unspecified atom stereocenters. The normalized spacial score (nSPS) is 12.7. The standard InChI is InChI=1S/C69H45N/c1-3-25-52(26-4-1)69(53-27-5-2-6-28-53)63-34-16-15-31-57(63)60-45-51(39-42-64(60)69)68-59-33-14-13-32-58(59)67(61-43-49-21-7-8-22-50(49)44-62(61)68)48-37-40-54(41-38-48)70(65-35-17-23-46-19-9-11-29-55(46)65)66-36-18-24-47-20-10-12-30-56(47)66/h1-45H. The summed E-state index contributed by atoms with van der Waals surface area (Å²) in [6.07, 6.45) is 0. The number of hydrogen-bond donors (Lipinski definition) is 0. The van der Waals surface area contributed by atoms with E-state index in [0.717, 1.165) is 17.1 Å². The van der Waals surface area contributed by atoms with E-state index in [9.17, 15) is 0 Å². The molecule has 0 N–H and O–H groups in total. The van der Waals surface area contributed by atoms with E-state index in [1.165, 1.54) is 109 Å². The Kier molecular flexibility index (Phi) is 9.19.